The zero-order valence-corrected chi connectivity index (χ0v) is 43.8. The van der Waals surface area contributed by atoms with Crippen LogP contribution in [0.25, 0.3) is 22.3 Å². The zero-order chi connectivity index (χ0) is 52.2. The fourth-order valence-electron chi connectivity index (χ4n) is 13.5. The summed E-state index contributed by atoms with van der Waals surface area (Å²) in [6, 6.07) is 19.0. The van der Waals surface area contributed by atoms with Gasteiger partial charge >= 0.3 is 0 Å². The van der Waals surface area contributed by atoms with Gasteiger partial charge in [0.1, 0.15) is 11.3 Å². The number of piperidine rings is 5. The van der Waals surface area contributed by atoms with Crippen LogP contribution in [-0.4, -0.2) is 128 Å². The van der Waals surface area contributed by atoms with E-state index in [0.29, 0.717) is 93.9 Å². The number of benzene rings is 2. The molecule has 1 aliphatic carbocycles. The highest BCUT2D eigenvalue weighted by atomic mass is 19.1. The van der Waals surface area contributed by atoms with Crippen LogP contribution < -0.4 is 19.9 Å². The van der Waals surface area contributed by atoms with Crippen LogP contribution in [0, 0.1) is 17.7 Å². The quantitative estimate of drug-likeness (QED) is 0.127. The van der Waals surface area contributed by atoms with Crippen molar-refractivity contribution in [3.8, 4) is 22.9 Å². The summed E-state index contributed by atoms with van der Waals surface area (Å²) in [4.78, 5) is 92.5. The Hall–Kier alpha value is -6.75. The third-order valence-corrected chi connectivity index (χ3v) is 18.1. The van der Waals surface area contributed by atoms with E-state index in [9.17, 15) is 19.2 Å². The molecule has 1 atom stereocenters. The number of aromatic nitrogens is 4. The van der Waals surface area contributed by atoms with Crippen molar-refractivity contribution in [1.29, 1.82) is 0 Å². The number of carbonyl (C=O) groups excluding carboxylic acids is 5. The van der Waals surface area contributed by atoms with Crippen LogP contribution in [0.3, 0.4) is 0 Å². The Bertz CT molecular complexity index is 3030. The van der Waals surface area contributed by atoms with Gasteiger partial charge < -0.3 is 33.8 Å². The molecule has 2 aromatic carbocycles. The fraction of sp³-hybridized carbons (Fsp3) is 0.525. The van der Waals surface area contributed by atoms with E-state index in [2.05, 4.69) is 51.0 Å². The van der Waals surface area contributed by atoms with Crippen LogP contribution in [0.15, 0.2) is 73.2 Å². The highest BCUT2D eigenvalue weighted by Crippen LogP contribution is 2.52. The number of para-hydroxylation sites is 1. The number of imidazole rings is 1. The second kappa shape index (κ2) is 20.7. The fourth-order valence-corrected chi connectivity index (χ4v) is 13.5. The van der Waals surface area contributed by atoms with E-state index in [-0.39, 0.29) is 71.0 Å². The summed E-state index contributed by atoms with van der Waals surface area (Å²) < 4.78 is 23.3. The third-order valence-electron chi connectivity index (χ3n) is 18.1. The highest BCUT2D eigenvalue weighted by molar-refractivity contribution is 6.09. The van der Waals surface area contributed by atoms with Crippen LogP contribution in [0.2, 0.25) is 0 Å². The molecule has 6 aliphatic heterocycles. The molecule has 5 aromatic rings. The summed E-state index contributed by atoms with van der Waals surface area (Å²) in [7, 11) is 0. The van der Waals surface area contributed by atoms with Gasteiger partial charge in [-0.15, -0.1) is 0 Å². The lowest BCUT2D eigenvalue weighted by molar-refractivity contribution is -0.143. The molecular weight excluding hydrogens is 964 g/mol. The Morgan fingerprint density at radius 1 is 0.816 bits per heavy atom. The average molecular weight is 1030 g/mol. The second-order valence-corrected chi connectivity index (χ2v) is 22.9. The van der Waals surface area contributed by atoms with Gasteiger partial charge in [-0.25, -0.2) is 19.3 Å². The molecule has 76 heavy (non-hydrogen) atoms. The van der Waals surface area contributed by atoms with E-state index < -0.39 is 11.2 Å². The summed E-state index contributed by atoms with van der Waals surface area (Å²) in [5, 5.41) is 2.42. The molecule has 1 saturated carbocycles. The smallest absolute Gasteiger partial charge is 0.246 e. The molecule has 1 N–H and O–H groups in total. The number of imide groups is 1. The Labute approximate surface area is 443 Å². The molecule has 398 valence electrons. The third kappa shape index (κ3) is 9.39. The van der Waals surface area contributed by atoms with Gasteiger partial charge in [0.25, 0.3) is 0 Å². The Morgan fingerprint density at radius 2 is 1.58 bits per heavy atom. The molecule has 3 aromatic heterocycles. The lowest BCUT2D eigenvalue weighted by atomic mass is 9.73. The Morgan fingerprint density at radius 3 is 2.29 bits per heavy atom. The van der Waals surface area contributed by atoms with Crippen molar-refractivity contribution >= 4 is 52.1 Å². The minimum absolute atomic E-state index is 0.0537. The highest BCUT2D eigenvalue weighted by Gasteiger charge is 2.56. The van der Waals surface area contributed by atoms with Crippen molar-refractivity contribution in [3.05, 3.63) is 90.1 Å². The predicted molar refractivity (Wildman–Crippen MR) is 285 cm³/mol. The minimum atomic E-state index is -0.752. The number of halogens is 1. The van der Waals surface area contributed by atoms with Crippen molar-refractivity contribution in [3.63, 3.8) is 0 Å². The summed E-state index contributed by atoms with van der Waals surface area (Å²) in [6.45, 7) is 10.0. The van der Waals surface area contributed by atoms with E-state index in [1.165, 1.54) is 25.3 Å². The van der Waals surface area contributed by atoms with E-state index in [0.717, 1.165) is 80.1 Å². The van der Waals surface area contributed by atoms with Crippen LogP contribution in [-0.2, 0) is 29.4 Å². The molecule has 6 fully saturated rings. The summed E-state index contributed by atoms with van der Waals surface area (Å²) in [5.41, 5.74) is 4.76. The Balaban J connectivity index is 0.697. The normalized spacial score (nSPS) is 23.6. The van der Waals surface area contributed by atoms with Gasteiger partial charge in [-0.1, -0.05) is 36.8 Å². The van der Waals surface area contributed by atoms with Crippen molar-refractivity contribution in [2.75, 3.05) is 62.2 Å². The SMILES string of the molecule is CC(C)n1cnc2cc(-c3ccc4c(c3)N(C3CC(N5CCCCC5)C3)C(=O)C43CCN(C(=O)C4CCN(C(=O)CC5CCN(c6ccc(C7CCC(=O)NC7=O)cn6)CC5)CC4)CC3)nc(Oc3ccccc3F)c21. The molecule has 1 unspecified atom stereocenters. The molecular formula is C59H69FN10O6. The first-order valence-corrected chi connectivity index (χ1v) is 28.0. The van der Waals surface area contributed by atoms with E-state index >= 15 is 9.18 Å². The Kier molecular flexibility index (Phi) is 13.6. The number of hydrogen-bond acceptors (Lipinski definition) is 11. The van der Waals surface area contributed by atoms with E-state index in [1.807, 2.05) is 38.6 Å². The molecule has 0 radical (unpaired) electrons. The van der Waals surface area contributed by atoms with E-state index in [1.54, 1.807) is 30.7 Å². The predicted octanol–water partition coefficient (Wildman–Crippen LogP) is 8.29. The number of anilines is 2. The van der Waals surface area contributed by atoms with Crippen LogP contribution in [0.1, 0.15) is 127 Å². The lowest BCUT2D eigenvalue weighted by Gasteiger charge is -2.48. The topological polar surface area (TPSA) is 166 Å². The van der Waals surface area contributed by atoms with Crippen molar-refractivity contribution < 1.29 is 33.1 Å². The zero-order valence-electron chi connectivity index (χ0n) is 43.8. The standard InChI is InChI=1S/C59H69FN10O6/c1-37(2)69-36-62-48-34-47(63-56(54(48)69)76-50-9-5-4-8-46(50)60)40-10-13-45-49(31-40)70(43-32-42(33-43)65-22-6-3-7-23-65)58(75)59(45)20-28-68(29-21-59)57(74)39-18-26-67(27-19-39)53(72)30-38-16-24-66(25-17-38)51-14-11-41(35-61-51)44-12-15-52(71)64-55(44)73/h4-5,8-11,13-14,31,34-39,42-44H,3,6-7,12,15-30,32-33H2,1-2H3,(H,64,71,73). The number of hydrogen-bond donors (Lipinski definition) is 1. The lowest BCUT2D eigenvalue weighted by Crippen LogP contribution is -2.58. The van der Waals surface area contributed by atoms with Crippen LogP contribution in [0.4, 0.5) is 15.9 Å². The molecule has 17 heteroatoms. The van der Waals surface area contributed by atoms with Gasteiger partial charge in [0, 0.05) is 93.6 Å². The molecule has 5 amide bonds. The first kappa shape index (κ1) is 50.1. The number of amides is 5. The maximum absolute atomic E-state index is 15.3. The number of pyridine rings is 2. The molecule has 5 saturated heterocycles. The van der Waals surface area contributed by atoms with Gasteiger partial charge in [-0.3, -0.25) is 29.3 Å². The van der Waals surface area contributed by atoms with Gasteiger partial charge in [0.05, 0.1) is 28.9 Å². The summed E-state index contributed by atoms with van der Waals surface area (Å²) in [6.07, 6.45) is 14.5. The molecule has 9 heterocycles. The van der Waals surface area contributed by atoms with Crippen molar-refractivity contribution in [2.24, 2.45) is 11.8 Å². The largest absolute Gasteiger partial charge is 0.434 e. The number of rotatable bonds is 11. The number of nitrogens with zero attached hydrogens (tertiary/aromatic N) is 9. The number of carbonyl (C=O) groups is 5. The molecule has 16 nitrogen and oxygen atoms in total. The monoisotopic (exact) mass is 1030 g/mol. The molecule has 7 aliphatic rings. The maximum atomic E-state index is 15.3. The number of ether oxygens (including phenoxy) is 1. The minimum Gasteiger partial charge on any atom is -0.434 e. The maximum Gasteiger partial charge on any atom is 0.246 e. The van der Waals surface area contributed by atoms with Crippen molar-refractivity contribution in [1.82, 2.24) is 39.5 Å². The molecule has 1 spiro atoms. The number of fused-ring (bicyclic) bond motifs is 3. The van der Waals surface area contributed by atoms with Gasteiger partial charge in [0.2, 0.25) is 35.4 Å². The number of likely N-dealkylation sites (tertiary alicyclic amines) is 3. The number of nitrogens with one attached hydrogen (secondary N) is 1. The first-order valence-electron chi connectivity index (χ1n) is 28.0. The molecule has 0 bridgehead atoms. The summed E-state index contributed by atoms with van der Waals surface area (Å²) >= 11 is 0. The van der Waals surface area contributed by atoms with Gasteiger partial charge in [-0.2, -0.15) is 0 Å². The van der Waals surface area contributed by atoms with Crippen molar-refractivity contribution in [2.45, 2.75) is 133 Å². The van der Waals surface area contributed by atoms with Gasteiger partial charge in [-0.05, 0) is 145 Å². The first-order chi connectivity index (χ1) is 36.9. The van der Waals surface area contributed by atoms with E-state index in [4.69, 9.17) is 14.7 Å². The van der Waals surface area contributed by atoms with Gasteiger partial charge in [0.15, 0.2) is 11.6 Å². The summed E-state index contributed by atoms with van der Waals surface area (Å²) in [5.74, 6) is 0.373. The van der Waals surface area contributed by atoms with Crippen LogP contribution >= 0.6 is 0 Å². The molecule has 12 rings (SSSR count). The second-order valence-electron chi connectivity index (χ2n) is 22.9. The van der Waals surface area contributed by atoms with Crippen LogP contribution in [0.5, 0.6) is 11.6 Å². The average Bonchev–Trinajstić information content (AvgIpc) is 3.98.